The van der Waals surface area contributed by atoms with Crippen molar-refractivity contribution >= 4 is 21.8 Å². The van der Waals surface area contributed by atoms with Crippen molar-refractivity contribution in [2.24, 2.45) is 0 Å². The molecule has 0 fully saturated rings. The van der Waals surface area contributed by atoms with Gasteiger partial charge in [-0.3, -0.25) is 4.98 Å². The summed E-state index contributed by atoms with van der Waals surface area (Å²) < 4.78 is 2.38. The number of hydrogen-bond donors (Lipinski definition) is 0. The second-order valence-corrected chi connectivity index (χ2v) is 15.4. The molecule has 1 radical (unpaired) electrons. The van der Waals surface area contributed by atoms with Gasteiger partial charge in [0.15, 0.2) is 0 Å². The molecule has 0 amide bonds. The number of hydrogen-bond acceptors (Lipinski definition) is 2. The van der Waals surface area contributed by atoms with Crippen molar-refractivity contribution < 1.29 is 20.1 Å². The van der Waals surface area contributed by atoms with E-state index in [4.69, 9.17) is 4.98 Å². The molecule has 0 unspecified atom stereocenters. The van der Waals surface area contributed by atoms with Gasteiger partial charge in [-0.2, -0.15) is 0 Å². The predicted octanol–water partition coefficient (Wildman–Crippen LogP) is 13.4. The van der Waals surface area contributed by atoms with E-state index in [0.29, 0.717) is 11.8 Å². The van der Waals surface area contributed by atoms with Crippen LogP contribution in [0.2, 0.25) is 0 Å². The molecule has 273 valence electrons. The number of nitrogens with zero attached hydrogens (tertiary/aromatic N) is 3. The Labute approximate surface area is 334 Å². The quantitative estimate of drug-likeness (QED) is 0.156. The Bertz CT molecular complexity index is 2440. The number of pyridine rings is 1. The molecule has 3 nitrogen and oxygen atoms in total. The molecular weight excluding hydrogens is 835 g/mol. The van der Waals surface area contributed by atoms with Crippen LogP contribution in [0.3, 0.4) is 0 Å². The SMILES string of the molecule is CC(C)(C)c1ccc(-c2[c-]cccc2)nc1.CC(C)c1cc(-c2ccccc2)cc(C(C)C)c1-n1c(-c2[c-]cc3ccccc3c2)nc2ccccc21.[Ir]. The summed E-state index contributed by atoms with van der Waals surface area (Å²) in [5, 5.41) is 2.38. The van der Waals surface area contributed by atoms with Gasteiger partial charge in [-0.25, -0.2) is 0 Å². The van der Waals surface area contributed by atoms with Gasteiger partial charge in [-0.05, 0) is 75.0 Å². The molecule has 0 atom stereocenters. The first-order valence-corrected chi connectivity index (χ1v) is 18.6. The van der Waals surface area contributed by atoms with Gasteiger partial charge in [-0.1, -0.05) is 133 Å². The molecule has 0 saturated heterocycles. The number of fused-ring (bicyclic) bond motifs is 2. The van der Waals surface area contributed by atoms with Crippen LogP contribution in [0.15, 0.2) is 146 Å². The molecule has 2 heterocycles. The topological polar surface area (TPSA) is 30.7 Å². The molecule has 8 rings (SSSR count). The largest absolute Gasteiger partial charge is 0.333 e. The first kappa shape index (κ1) is 38.6. The third kappa shape index (κ3) is 8.16. The maximum Gasteiger partial charge on any atom is 0.0774 e. The first-order chi connectivity index (χ1) is 25.6. The van der Waals surface area contributed by atoms with E-state index < -0.39 is 0 Å². The molecule has 0 aliphatic heterocycles. The summed E-state index contributed by atoms with van der Waals surface area (Å²) in [4.78, 5) is 9.66. The third-order valence-corrected chi connectivity index (χ3v) is 9.84. The second-order valence-electron chi connectivity index (χ2n) is 15.4. The summed E-state index contributed by atoms with van der Waals surface area (Å²) in [5.41, 5.74) is 13.0. The number of aromatic nitrogens is 3. The maximum atomic E-state index is 5.18. The minimum Gasteiger partial charge on any atom is -0.333 e. The van der Waals surface area contributed by atoms with Crippen LogP contribution in [0.25, 0.3) is 61.3 Å². The zero-order valence-corrected chi connectivity index (χ0v) is 34.6. The average molecular weight is 882 g/mol. The molecular formula is C50H47IrN3-2. The fraction of sp³-hybridized carbons (Fsp3) is 0.200. The molecule has 8 aromatic rings. The van der Waals surface area contributed by atoms with Crippen LogP contribution < -0.4 is 0 Å². The average Bonchev–Trinajstić information content (AvgIpc) is 3.57. The van der Waals surface area contributed by atoms with Crippen molar-refractivity contribution in [1.29, 1.82) is 0 Å². The van der Waals surface area contributed by atoms with Crippen molar-refractivity contribution in [3.63, 3.8) is 0 Å². The molecule has 0 N–H and O–H groups in total. The Hall–Kier alpha value is -5.15. The molecule has 0 saturated carbocycles. The minimum absolute atomic E-state index is 0. The van der Waals surface area contributed by atoms with Gasteiger partial charge in [-0.15, -0.1) is 65.0 Å². The van der Waals surface area contributed by atoms with Crippen molar-refractivity contribution in [3.05, 3.63) is 175 Å². The summed E-state index contributed by atoms with van der Waals surface area (Å²) in [7, 11) is 0. The van der Waals surface area contributed by atoms with Crippen molar-refractivity contribution in [2.75, 3.05) is 0 Å². The van der Waals surface area contributed by atoms with Gasteiger partial charge in [0.05, 0.1) is 16.9 Å². The zero-order valence-electron chi connectivity index (χ0n) is 32.2. The van der Waals surface area contributed by atoms with Crippen molar-refractivity contribution in [1.82, 2.24) is 14.5 Å². The van der Waals surface area contributed by atoms with Crippen molar-refractivity contribution in [3.8, 4) is 39.5 Å². The van der Waals surface area contributed by atoms with Gasteiger partial charge < -0.3 is 9.55 Å². The zero-order chi connectivity index (χ0) is 37.1. The summed E-state index contributed by atoms with van der Waals surface area (Å²) in [6.45, 7) is 15.7. The first-order valence-electron chi connectivity index (χ1n) is 18.6. The van der Waals surface area contributed by atoms with Gasteiger partial charge in [0, 0.05) is 32.0 Å². The molecule has 0 bridgehead atoms. The molecule has 0 aliphatic rings. The standard InChI is InChI=1S/C35H31N2.C15H16N.Ir/c1-23(2)30-21-29(25-12-6-5-7-13-25)22-31(24(3)4)34(30)37-33-17-11-10-16-32(33)36-35(37)28-19-18-26-14-8-9-15-27(26)20-28;1-15(2,3)13-9-10-14(16-11-13)12-7-5-4-6-8-12;/h5-18,20-24H,1-4H3;4-7,9-11H,1-3H3;/q2*-1;. The smallest absolute Gasteiger partial charge is 0.0774 e. The van der Waals surface area contributed by atoms with Crippen molar-refractivity contribution in [2.45, 2.75) is 65.7 Å². The molecule has 6 aromatic carbocycles. The van der Waals surface area contributed by atoms with E-state index in [1.165, 1.54) is 44.3 Å². The van der Waals surface area contributed by atoms with E-state index in [2.05, 4.69) is 185 Å². The van der Waals surface area contributed by atoms with Crippen LogP contribution in [0.5, 0.6) is 0 Å². The van der Waals surface area contributed by atoms with Gasteiger partial charge >= 0.3 is 0 Å². The van der Waals surface area contributed by atoms with E-state index >= 15 is 0 Å². The number of rotatable bonds is 6. The second kappa shape index (κ2) is 16.5. The normalized spacial score (nSPS) is 11.4. The van der Waals surface area contributed by atoms with E-state index in [-0.39, 0.29) is 25.5 Å². The van der Waals surface area contributed by atoms with Gasteiger partial charge in [0.2, 0.25) is 0 Å². The fourth-order valence-electron chi connectivity index (χ4n) is 6.85. The van der Waals surface area contributed by atoms with Gasteiger partial charge in [0.25, 0.3) is 0 Å². The Balaban J connectivity index is 0.000000246. The summed E-state index contributed by atoms with van der Waals surface area (Å²) >= 11 is 0. The van der Waals surface area contributed by atoms with Crippen LogP contribution in [0, 0.1) is 12.1 Å². The molecule has 0 aliphatic carbocycles. The van der Waals surface area contributed by atoms with Crippen LogP contribution >= 0.6 is 0 Å². The number of benzene rings is 6. The number of imidazole rings is 1. The minimum atomic E-state index is 0. The van der Waals surface area contributed by atoms with Crippen LogP contribution in [-0.2, 0) is 25.5 Å². The Morgan fingerprint density at radius 1 is 0.611 bits per heavy atom. The van der Waals surface area contributed by atoms with Crippen LogP contribution in [0.4, 0.5) is 0 Å². The van der Waals surface area contributed by atoms with Crippen LogP contribution in [0.1, 0.15) is 77.0 Å². The summed E-state index contributed by atoms with van der Waals surface area (Å²) in [5.74, 6) is 1.61. The molecule has 2 aromatic heterocycles. The van der Waals surface area contributed by atoms with E-state index in [1.54, 1.807) is 0 Å². The summed E-state index contributed by atoms with van der Waals surface area (Å²) in [6.07, 6.45) is 1.95. The summed E-state index contributed by atoms with van der Waals surface area (Å²) in [6, 6.07) is 55.5. The monoisotopic (exact) mass is 882 g/mol. The van der Waals surface area contributed by atoms with E-state index in [0.717, 1.165) is 33.7 Å². The van der Waals surface area contributed by atoms with E-state index in [9.17, 15) is 0 Å². The Morgan fingerprint density at radius 3 is 1.89 bits per heavy atom. The number of para-hydroxylation sites is 2. The van der Waals surface area contributed by atoms with Crippen LogP contribution in [-0.4, -0.2) is 14.5 Å². The van der Waals surface area contributed by atoms with E-state index in [1.807, 2.05) is 30.5 Å². The third-order valence-electron chi connectivity index (χ3n) is 9.84. The predicted molar refractivity (Wildman–Crippen MR) is 224 cm³/mol. The fourth-order valence-corrected chi connectivity index (χ4v) is 6.85. The molecule has 4 heteroatoms. The van der Waals surface area contributed by atoms with Gasteiger partial charge in [0.1, 0.15) is 0 Å². The molecule has 0 spiro atoms. The maximum absolute atomic E-state index is 5.18. The Kier molecular flexibility index (Phi) is 11.8. The molecule has 54 heavy (non-hydrogen) atoms. The Morgan fingerprint density at radius 2 is 1.26 bits per heavy atom.